The van der Waals surface area contributed by atoms with Gasteiger partial charge in [-0.2, -0.15) is 0 Å². The van der Waals surface area contributed by atoms with E-state index in [0.29, 0.717) is 37.3 Å². The number of aliphatic hydroxyl groups is 2. The largest absolute Gasteiger partial charge is 0.508 e. The van der Waals surface area contributed by atoms with Crippen LogP contribution in [0.3, 0.4) is 0 Å². The third-order valence-electron chi connectivity index (χ3n) is 13.5. The van der Waals surface area contributed by atoms with Crippen molar-refractivity contribution >= 4 is 11.6 Å². The number of unbranched alkanes of at least 4 members (excludes halogenated alkanes) is 10. The molecule has 3 N–H and O–H groups in total. The summed E-state index contributed by atoms with van der Waals surface area (Å²) in [6.45, 7) is 7.41. The Morgan fingerprint density at radius 2 is 1.68 bits per heavy atom. The van der Waals surface area contributed by atoms with Crippen LogP contribution in [0.5, 0.6) is 11.5 Å². The van der Waals surface area contributed by atoms with Gasteiger partial charge in [0.25, 0.3) is 0 Å². The molecule has 6 rings (SSSR count). The summed E-state index contributed by atoms with van der Waals surface area (Å²) in [5.41, 5.74) is 3.28. The molecule has 1 amide bonds. The molecule has 2 aliphatic heterocycles. The van der Waals surface area contributed by atoms with Crippen LogP contribution < -0.4 is 4.74 Å². The normalized spacial score (nSPS) is 25.9. The van der Waals surface area contributed by atoms with Crippen LogP contribution in [0.15, 0.2) is 71.9 Å². The summed E-state index contributed by atoms with van der Waals surface area (Å²) in [6.07, 6.45) is 21.5. The van der Waals surface area contributed by atoms with Crippen LogP contribution in [-0.4, -0.2) is 76.4 Å². The average Bonchev–Trinajstić information content (AvgIpc) is 3.28. The van der Waals surface area contributed by atoms with Gasteiger partial charge < -0.3 is 39.3 Å². The predicted octanol–water partition coefficient (Wildman–Crippen LogP) is 10.6. The molecule has 2 aromatic rings. The number of ether oxygens (including phenoxy) is 3. The third kappa shape index (κ3) is 12.1. The van der Waals surface area contributed by atoms with Crippen molar-refractivity contribution in [2.45, 2.75) is 166 Å². The van der Waals surface area contributed by atoms with Gasteiger partial charge in [-0.15, -0.1) is 6.58 Å². The molecule has 11 heteroatoms. The highest BCUT2D eigenvalue weighted by molar-refractivity contribution is 6.03. The van der Waals surface area contributed by atoms with Gasteiger partial charge in [-0.05, 0) is 98.2 Å². The first-order valence-electron chi connectivity index (χ1n) is 23.9. The fourth-order valence-electron chi connectivity index (χ4n) is 10.5. The minimum atomic E-state index is -1.42. The van der Waals surface area contributed by atoms with E-state index < -0.39 is 24.0 Å². The van der Waals surface area contributed by atoms with Crippen LogP contribution in [0.2, 0.25) is 0 Å². The first-order valence-corrected chi connectivity index (χ1v) is 23.9. The van der Waals surface area contributed by atoms with E-state index >= 15 is 4.79 Å². The van der Waals surface area contributed by atoms with Crippen molar-refractivity contribution in [3.63, 3.8) is 0 Å². The molecule has 62 heavy (non-hydrogen) atoms. The van der Waals surface area contributed by atoms with Crippen molar-refractivity contribution in [2.24, 2.45) is 22.9 Å². The van der Waals surface area contributed by atoms with Gasteiger partial charge in [0, 0.05) is 50.5 Å². The molecule has 2 fully saturated rings. The maximum Gasteiger partial charge on any atom is 0.239 e. The fraction of sp³-hybridized carbons (Fsp3) is 0.647. The van der Waals surface area contributed by atoms with Crippen molar-refractivity contribution in [1.82, 2.24) is 4.90 Å². The van der Waals surface area contributed by atoms with E-state index in [1.165, 1.54) is 44.2 Å². The Balaban J connectivity index is 1.47. The molecule has 4 aliphatic rings. The SMILES string of the molecule is C=CCO[C@@]12Oc3ccc(O)cc3[C@H]3[C@H](CCCCO)[C@@H](CCCCO)C=C(C(=NOC4CCCCO4)C[C@@H]1N(Cc1ccc(F)cc1)C(=O)CCCCCCCCCCC)[C@H]32. The zero-order valence-corrected chi connectivity index (χ0v) is 37.2. The highest BCUT2D eigenvalue weighted by Crippen LogP contribution is 2.62. The number of fused-ring (bicyclic) bond motifs is 2. The van der Waals surface area contributed by atoms with Gasteiger partial charge in [0.1, 0.15) is 23.4 Å². The van der Waals surface area contributed by atoms with E-state index in [1.807, 2.05) is 17.0 Å². The minimum Gasteiger partial charge on any atom is -0.508 e. The molecule has 0 radical (unpaired) electrons. The van der Waals surface area contributed by atoms with E-state index in [2.05, 4.69) is 19.6 Å². The summed E-state index contributed by atoms with van der Waals surface area (Å²) in [6, 6.07) is 10.9. The number of phenols is 1. The highest BCUT2D eigenvalue weighted by atomic mass is 19.1. The Hall–Kier alpha value is -3.77. The molecule has 1 saturated carbocycles. The number of rotatable bonds is 26. The van der Waals surface area contributed by atoms with Crippen LogP contribution in [0.1, 0.15) is 152 Å². The van der Waals surface area contributed by atoms with Crippen LogP contribution in [-0.2, 0) is 25.7 Å². The van der Waals surface area contributed by atoms with Crippen molar-refractivity contribution in [3.05, 3.63) is 83.7 Å². The maximum absolute atomic E-state index is 15.0. The number of allylic oxidation sites excluding steroid dienone is 1. The molecular formula is C51H73FN2O8. The molecule has 2 heterocycles. The molecule has 342 valence electrons. The molecule has 2 aromatic carbocycles. The Kier molecular flexibility index (Phi) is 18.7. The lowest BCUT2D eigenvalue weighted by molar-refractivity contribution is -0.258. The van der Waals surface area contributed by atoms with E-state index in [0.717, 1.165) is 87.3 Å². The molecule has 0 spiro atoms. The zero-order valence-electron chi connectivity index (χ0n) is 37.2. The van der Waals surface area contributed by atoms with Crippen LogP contribution in [0.4, 0.5) is 4.39 Å². The molecule has 2 aliphatic carbocycles. The second-order valence-electron chi connectivity index (χ2n) is 17.9. The maximum atomic E-state index is 15.0. The van der Waals surface area contributed by atoms with E-state index in [9.17, 15) is 19.7 Å². The molecule has 7 atom stereocenters. The second-order valence-corrected chi connectivity index (χ2v) is 17.9. The van der Waals surface area contributed by atoms with Gasteiger partial charge >= 0.3 is 0 Å². The van der Waals surface area contributed by atoms with Gasteiger partial charge in [0.15, 0.2) is 0 Å². The minimum absolute atomic E-state index is 0.0379. The first kappa shape index (κ1) is 47.7. The van der Waals surface area contributed by atoms with E-state index in [-0.39, 0.29) is 68.0 Å². The summed E-state index contributed by atoms with van der Waals surface area (Å²) >= 11 is 0. The third-order valence-corrected chi connectivity index (χ3v) is 13.5. The summed E-state index contributed by atoms with van der Waals surface area (Å²) < 4.78 is 34.8. The number of hydrogen-bond donors (Lipinski definition) is 3. The number of amides is 1. The van der Waals surface area contributed by atoms with Gasteiger partial charge in [0.05, 0.1) is 24.8 Å². The number of carbonyl (C=O) groups excluding carboxylic acids is 1. The van der Waals surface area contributed by atoms with Gasteiger partial charge in [-0.1, -0.05) is 101 Å². The summed E-state index contributed by atoms with van der Waals surface area (Å²) in [5, 5.41) is 35.8. The Morgan fingerprint density at radius 1 is 0.952 bits per heavy atom. The van der Waals surface area contributed by atoms with Crippen molar-refractivity contribution < 1.29 is 43.6 Å². The zero-order chi connectivity index (χ0) is 43.7. The van der Waals surface area contributed by atoms with E-state index in [4.69, 9.17) is 24.2 Å². The van der Waals surface area contributed by atoms with Crippen LogP contribution in [0.25, 0.3) is 0 Å². The number of benzene rings is 2. The molecule has 1 saturated heterocycles. The number of aliphatic hydroxyl groups excluding tert-OH is 2. The molecule has 0 bridgehead atoms. The van der Waals surface area contributed by atoms with Gasteiger partial charge in [0.2, 0.25) is 18.0 Å². The number of halogens is 1. The Bertz CT molecular complexity index is 1760. The van der Waals surface area contributed by atoms with Crippen LogP contribution >= 0.6 is 0 Å². The molecule has 0 aromatic heterocycles. The average molecular weight is 861 g/mol. The lowest BCUT2D eigenvalue weighted by atomic mass is 9.55. The topological polar surface area (TPSA) is 130 Å². The lowest BCUT2D eigenvalue weighted by Crippen LogP contribution is -2.70. The van der Waals surface area contributed by atoms with E-state index in [1.54, 1.807) is 24.3 Å². The summed E-state index contributed by atoms with van der Waals surface area (Å²) in [7, 11) is 0. The Labute approximate surface area is 369 Å². The lowest BCUT2D eigenvalue weighted by Gasteiger charge is -2.60. The number of oxime groups is 1. The van der Waals surface area contributed by atoms with Gasteiger partial charge in [-0.25, -0.2) is 4.39 Å². The fourth-order valence-corrected chi connectivity index (χ4v) is 10.5. The van der Waals surface area contributed by atoms with Crippen molar-refractivity contribution in [1.29, 1.82) is 0 Å². The second kappa shape index (κ2) is 24.3. The predicted molar refractivity (Wildman–Crippen MR) is 240 cm³/mol. The number of aromatic hydroxyl groups is 1. The number of carbonyl (C=O) groups is 1. The molecule has 10 nitrogen and oxygen atoms in total. The molecule has 1 unspecified atom stereocenters. The van der Waals surface area contributed by atoms with Crippen LogP contribution in [0, 0.1) is 23.6 Å². The van der Waals surface area contributed by atoms with Crippen molar-refractivity contribution in [3.8, 4) is 11.5 Å². The smallest absolute Gasteiger partial charge is 0.239 e. The standard InChI is InChI=1S/C51H73FN2O8/c1-3-5-6-7-8-9-10-11-12-21-47(58)54(36-37-23-25-39(52)26-24-37)46-35-44(53-62-48-22-15-18-32-59-48)42-33-38(19-13-16-29-55)41(20-14-17-30-56)49-43-34-40(57)27-28-45(43)61-51(46,50(42)49)60-31-4-2/h4,23-28,33-34,38,41,46,48-50,55-57H,2-3,5-22,29-32,35-36H2,1H3/t38-,41+,46-,48?,49+,50+,51+/m0/s1. The highest BCUT2D eigenvalue weighted by Gasteiger charge is 2.65. The first-order chi connectivity index (χ1) is 30.3. The number of phenolic OH excluding ortho intramolecular Hbond substituents is 1. The van der Waals surface area contributed by atoms with Gasteiger partial charge in [-0.3, -0.25) is 4.79 Å². The monoisotopic (exact) mass is 861 g/mol. The quantitative estimate of drug-likeness (QED) is 0.0484. The summed E-state index contributed by atoms with van der Waals surface area (Å²) in [5.74, 6) is -1.73. The number of hydrogen-bond acceptors (Lipinski definition) is 9. The number of nitrogens with zero attached hydrogens (tertiary/aromatic N) is 2. The Morgan fingerprint density at radius 3 is 2.37 bits per heavy atom. The molecular weight excluding hydrogens is 788 g/mol. The summed E-state index contributed by atoms with van der Waals surface area (Å²) in [4.78, 5) is 23.2. The van der Waals surface area contributed by atoms with Crippen molar-refractivity contribution in [2.75, 3.05) is 26.4 Å².